The summed E-state index contributed by atoms with van der Waals surface area (Å²) in [5.41, 5.74) is 7.63. The molecule has 178 valence electrons. The standard InChI is InChI=1S/C25H21N9O2/c1-16(30-24(35)20-22(26)28-12-11-27-20)23-31-33-13-10-18(9-8-17-14-29-32(2)15-17)21(33)25(36)34(23)19-6-4-3-5-7-19/h3-7,10-16H,1-2H3,(H2,26,28)(H,30,35)/t16-/m0/s1. The lowest BCUT2D eigenvalue weighted by molar-refractivity contribution is 0.0933. The molecule has 0 saturated carbocycles. The second-order valence-electron chi connectivity index (χ2n) is 7.99. The number of nitrogens with one attached hydrogen (secondary N) is 1. The number of para-hydroxylation sites is 1. The second kappa shape index (κ2) is 9.19. The van der Waals surface area contributed by atoms with Crippen molar-refractivity contribution in [2.45, 2.75) is 13.0 Å². The quantitative estimate of drug-likeness (QED) is 0.372. The Balaban J connectivity index is 1.62. The summed E-state index contributed by atoms with van der Waals surface area (Å²) in [5, 5.41) is 11.6. The maximum Gasteiger partial charge on any atom is 0.283 e. The van der Waals surface area contributed by atoms with Gasteiger partial charge in [0.05, 0.1) is 29.1 Å². The zero-order chi connectivity index (χ0) is 25.2. The van der Waals surface area contributed by atoms with Crippen LogP contribution in [0.3, 0.4) is 0 Å². The van der Waals surface area contributed by atoms with Gasteiger partial charge in [0.2, 0.25) is 0 Å². The van der Waals surface area contributed by atoms with E-state index in [-0.39, 0.29) is 17.1 Å². The van der Waals surface area contributed by atoms with Gasteiger partial charge in [-0.05, 0) is 25.1 Å². The van der Waals surface area contributed by atoms with E-state index in [1.54, 1.807) is 48.4 Å². The van der Waals surface area contributed by atoms with Gasteiger partial charge < -0.3 is 11.1 Å². The van der Waals surface area contributed by atoms with Crippen LogP contribution in [0.5, 0.6) is 0 Å². The van der Waals surface area contributed by atoms with Crippen LogP contribution in [0.15, 0.2) is 72.2 Å². The minimum absolute atomic E-state index is 0.00652. The Morgan fingerprint density at radius 2 is 1.89 bits per heavy atom. The van der Waals surface area contributed by atoms with E-state index in [1.165, 1.54) is 21.5 Å². The summed E-state index contributed by atoms with van der Waals surface area (Å²) in [4.78, 5) is 34.6. The van der Waals surface area contributed by atoms with E-state index in [1.807, 2.05) is 25.2 Å². The summed E-state index contributed by atoms with van der Waals surface area (Å²) in [6.45, 7) is 1.73. The maximum absolute atomic E-state index is 13.8. The first kappa shape index (κ1) is 22.5. The van der Waals surface area contributed by atoms with Crippen LogP contribution in [0.2, 0.25) is 0 Å². The van der Waals surface area contributed by atoms with E-state index in [2.05, 4.69) is 37.3 Å². The van der Waals surface area contributed by atoms with E-state index in [9.17, 15) is 9.59 Å². The zero-order valence-corrected chi connectivity index (χ0v) is 19.5. The van der Waals surface area contributed by atoms with Crippen molar-refractivity contribution in [2.24, 2.45) is 7.05 Å². The molecule has 4 heterocycles. The highest BCUT2D eigenvalue weighted by atomic mass is 16.2. The average Bonchev–Trinajstić information content (AvgIpc) is 3.49. The number of fused-ring (bicyclic) bond motifs is 1. The number of hydrogen-bond acceptors (Lipinski definition) is 7. The van der Waals surface area contributed by atoms with Gasteiger partial charge in [-0.25, -0.2) is 14.5 Å². The van der Waals surface area contributed by atoms with Crippen LogP contribution in [0.1, 0.15) is 40.4 Å². The molecule has 36 heavy (non-hydrogen) atoms. The number of nitrogen functional groups attached to an aromatic ring is 1. The summed E-state index contributed by atoms with van der Waals surface area (Å²) in [5.74, 6) is 5.87. The fourth-order valence-corrected chi connectivity index (χ4v) is 3.77. The Morgan fingerprint density at radius 3 is 2.61 bits per heavy atom. The minimum atomic E-state index is -0.677. The van der Waals surface area contributed by atoms with Crippen LogP contribution in [0.25, 0.3) is 11.2 Å². The molecule has 1 atom stereocenters. The number of hydrogen-bond donors (Lipinski definition) is 2. The molecule has 0 saturated heterocycles. The fraction of sp³-hybridized carbons (Fsp3) is 0.120. The largest absolute Gasteiger partial charge is 0.382 e. The molecule has 5 rings (SSSR count). The molecule has 3 N–H and O–H groups in total. The second-order valence-corrected chi connectivity index (χ2v) is 7.99. The topological polar surface area (TPSA) is 138 Å². The number of benzene rings is 1. The molecule has 0 aliphatic rings. The molecule has 1 aromatic carbocycles. The molecule has 0 bridgehead atoms. The number of anilines is 1. The summed E-state index contributed by atoms with van der Waals surface area (Å²) in [6, 6.07) is 10.1. The monoisotopic (exact) mass is 479 g/mol. The Kier molecular flexibility index (Phi) is 5.75. The number of carbonyl (C=O) groups is 1. The molecule has 0 unspecified atom stereocenters. The van der Waals surface area contributed by atoms with Crippen molar-refractivity contribution >= 4 is 17.2 Å². The van der Waals surface area contributed by atoms with E-state index in [4.69, 9.17) is 5.73 Å². The van der Waals surface area contributed by atoms with Gasteiger partial charge in [-0.2, -0.15) is 10.2 Å². The number of rotatable bonds is 4. The van der Waals surface area contributed by atoms with E-state index in [0.717, 1.165) is 5.56 Å². The molecule has 0 aliphatic carbocycles. The number of amides is 1. The molecule has 11 heteroatoms. The minimum Gasteiger partial charge on any atom is -0.382 e. The molecule has 11 nitrogen and oxygen atoms in total. The molecule has 4 aromatic heterocycles. The first-order valence-corrected chi connectivity index (χ1v) is 11.0. The summed E-state index contributed by atoms with van der Waals surface area (Å²) >= 11 is 0. The summed E-state index contributed by atoms with van der Waals surface area (Å²) < 4.78 is 4.60. The van der Waals surface area contributed by atoms with Crippen LogP contribution < -0.4 is 16.6 Å². The van der Waals surface area contributed by atoms with Crippen LogP contribution >= 0.6 is 0 Å². The number of nitrogens with two attached hydrogens (primary N) is 1. The lowest BCUT2D eigenvalue weighted by Crippen LogP contribution is -2.35. The van der Waals surface area contributed by atoms with Gasteiger partial charge in [-0.15, -0.1) is 0 Å². The summed E-state index contributed by atoms with van der Waals surface area (Å²) in [6.07, 6.45) is 7.89. The van der Waals surface area contributed by atoms with E-state index >= 15 is 0 Å². The number of nitrogens with zero attached hydrogens (tertiary/aromatic N) is 7. The van der Waals surface area contributed by atoms with Crippen LogP contribution in [0.4, 0.5) is 5.82 Å². The Hall–Kier alpha value is -5.24. The third-order valence-electron chi connectivity index (χ3n) is 5.45. The van der Waals surface area contributed by atoms with Crippen molar-refractivity contribution in [3.8, 4) is 17.5 Å². The zero-order valence-electron chi connectivity index (χ0n) is 19.5. The van der Waals surface area contributed by atoms with Gasteiger partial charge in [0.15, 0.2) is 17.3 Å². The number of carbonyl (C=O) groups excluding carboxylic acids is 1. The summed E-state index contributed by atoms with van der Waals surface area (Å²) in [7, 11) is 1.81. The van der Waals surface area contributed by atoms with Crippen LogP contribution in [-0.4, -0.2) is 39.8 Å². The van der Waals surface area contributed by atoms with Gasteiger partial charge in [-0.1, -0.05) is 30.0 Å². The first-order chi connectivity index (χ1) is 17.4. The van der Waals surface area contributed by atoms with Gasteiger partial charge in [0.25, 0.3) is 11.5 Å². The molecule has 0 fully saturated rings. The van der Waals surface area contributed by atoms with Gasteiger partial charge >= 0.3 is 0 Å². The molecule has 0 aliphatic heterocycles. The molecule has 5 aromatic rings. The smallest absolute Gasteiger partial charge is 0.283 e. The highest BCUT2D eigenvalue weighted by molar-refractivity contribution is 5.96. The fourth-order valence-electron chi connectivity index (χ4n) is 3.77. The number of aromatic nitrogens is 7. The predicted molar refractivity (Wildman–Crippen MR) is 132 cm³/mol. The van der Waals surface area contributed by atoms with Crippen molar-refractivity contribution in [2.75, 3.05) is 5.73 Å². The van der Waals surface area contributed by atoms with E-state index in [0.29, 0.717) is 22.6 Å². The average molecular weight is 480 g/mol. The van der Waals surface area contributed by atoms with Crippen LogP contribution in [0, 0.1) is 11.8 Å². The highest BCUT2D eigenvalue weighted by Gasteiger charge is 2.23. The highest BCUT2D eigenvalue weighted by Crippen LogP contribution is 2.17. The Bertz CT molecular complexity index is 1700. The first-order valence-electron chi connectivity index (χ1n) is 11.0. The Labute approximate surface area is 205 Å². The van der Waals surface area contributed by atoms with Gasteiger partial charge in [0, 0.05) is 31.8 Å². The molecule has 0 radical (unpaired) electrons. The third kappa shape index (κ3) is 4.19. The molecule has 1 amide bonds. The lowest BCUT2D eigenvalue weighted by atomic mass is 10.2. The predicted octanol–water partition coefficient (Wildman–Crippen LogP) is 1.48. The van der Waals surface area contributed by atoms with Crippen LogP contribution in [-0.2, 0) is 7.05 Å². The Morgan fingerprint density at radius 1 is 1.11 bits per heavy atom. The van der Waals surface area contributed by atoms with Crippen molar-refractivity contribution in [3.63, 3.8) is 0 Å². The third-order valence-corrected chi connectivity index (χ3v) is 5.45. The van der Waals surface area contributed by atoms with Crippen molar-refractivity contribution < 1.29 is 4.79 Å². The lowest BCUT2D eigenvalue weighted by Gasteiger charge is -2.19. The van der Waals surface area contributed by atoms with Gasteiger partial charge in [0.1, 0.15) is 5.52 Å². The van der Waals surface area contributed by atoms with E-state index < -0.39 is 11.9 Å². The van der Waals surface area contributed by atoms with Crippen molar-refractivity contribution in [3.05, 3.63) is 100 Å². The SMILES string of the molecule is C[C@H](NC(=O)c1nccnc1N)c1nn2ccc(C#Cc3cnn(C)c3)c2c(=O)n1-c1ccccc1. The molecular weight excluding hydrogens is 458 g/mol. The normalized spacial score (nSPS) is 11.6. The maximum atomic E-state index is 13.8. The van der Waals surface area contributed by atoms with Crippen molar-refractivity contribution in [1.29, 1.82) is 0 Å². The molecular formula is C25H21N9O2. The van der Waals surface area contributed by atoms with Gasteiger partial charge in [-0.3, -0.25) is 18.8 Å². The molecule has 0 spiro atoms. The number of aryl methyl sites for hydroxylation is 1. The van der Waals surface area contributed by atoms with Crippen molar-refractivity contribution in [1.82, 2.24) is 39.2 Å².